The molecule has 0 aromatic carbocycles. The third-order valence-corrected chi connectivity index (χ3v) is 5.11. The molecule has 15 heavy (non-hydrogen) atoms. The molecule has 1 atom stereocenters. The van der Waals surface area contributed by atoms with Gasteiger partial charge in [0.25, 0.3) is 0 Å². The number of thiophene rings is 1. The van der Waals surface area contributed by atoms with Crippen LogP contribution in [0.2, 0.25) is 0 Å². The second-order valence-corrected chi connectivity index (χ2v) is 6.46. The summed E-state index contributed by atoms with van der Waals surface area (Å²) in [5.74, 6) is 0.890. The van der Waals surface area contributed by atoms with Gasteiger partial charge in [0.1, 0.15) is 0 Å². The maximum absolute atomic E-state index is 3.68. The van der Waals surface area contributed by atoms with Crippen molar-refractivity contribution in [3.8, 4) is 0 Å². The summed E-state index contributed by atoms with van der Waals surface area (Å²) in [6, 6.07) is 2.91. The number of rotatable bonds is 5. The number of hydrogen-bond acceptors (Lipinski definition) is 2. The topological polar surface area (TPSA) is 12.0 Å². The molecule has 1 aromatic heterocycles. The Hall–Kier alpha value is 0.140. The lowest BCUT2D eigenvalue weighted by molar-refractivity contribution is 0.488. The van der Waals surface area contributed by atoms with Gasteiger partial charge in [-0.3, -0.25) is 0 Å². The lowest BCUT2D eigenvalue weighted by atomic mass is 10.1. The first-order chi connectivity index (χ1) is 7.22. The minimum Gasteiger partial charge on any atom is -0.309 e. The Kier molecular flexibility index (Phi) is 3.86. The number of aryl methyl sites for hydroxylation is 1. The van der Waals surface area contributed by atoms with Crippen LogP contribution in [0.1, 0.15) is 42.0 Å². The third-order valence-electron chi connectivity index (χ3n) is 2.89. The Morgan fingerprint density at radius 3 is 2.80 bits per heavy atom. The molecule has 0 radical (unpaired) electrons. The van der Waals surface area contributed by atoms with Crippen molar-refractivity contribution in [3.05, 3.63) is 20.3 Å². The molecule has 1 aliphatic carbocycles. The van der Waals surface area contributed by atoms with Gasteiger partial charge in [0, 0.05) is 20.3 Å². The Morgan fingerprint density at radius 1 is 1.60 bits per heavy atom. The van der Waals surface area contributed by atoms with Gasteiger partial charge in [-0.05, 0) is 60.6 Å². The summed E-state index contributed by atoms with van der Waals surface area (Å²) in [5, 5.41) is 3.68. The third kappa shape index (κ3) is 2.83. The highest BCUT2D eigenvalue weighted by molar-refractivity contribution is 9.10. The summed E-state index contributed by atoms with van der Waals surface area (Å²) in [4.78, 5) is 2.91. The molecule has 1 fully saturated rings. The van der Waals surface area contributed by atoms with Gasteiger partial charge in [-0.1, -0.05) is 6.92 Å². The van der Waals surface area contributed by atoms with Crippen LogP contribution in [0.25, 0.3) is 0 Å². The highest BCUT2D eigenvalue weighted by Crippen LogP contribution is 2.44. The molecule has 2 rings (SSSR count). The van der Waals surface area contributed by atoms with Crippen LogP contribution in [0.4, 0.5) is 0 Å². The van der Waals surface area contributed by atoms with Gasteiger partial charge in [-0.15, -0.1) is 11.3 Å². The molecule has 1 N–H and O–H groups in total. The number of halogens is 1. The molecule has 1 saturated carbocycles. The van der Waals surface area contributed by atoms with Crippen molar-refractivity contribution in [1.82, 2.24) is 5.32 Å². The quantitative estimate of drug-likeness (QED) is 0.853. The lowest BCUT2D eigenvalue weighted by Crippen LogP contribution is -2.22. The predicted octanol–water partition coefficient (Wildman–Crippen LogP) is 4.27. The molecule has 1 heterocycles. The van der Waals surface area contributed by atoms with Crippen LogP contribution in [0.3, 0.4) is 0 Å². The average molecular weight is 288 g/mol. The molecular formula is C12H18BrNS. The van der Waals surface area contributed by atoms with Crippen LogP contribution in [-0.2, 0) is 0 Å². The highest BCUT2D eigenvalue weighted by atomic mass is 79.9. The van der Waals surface area contributed by atoms with Gasteiger partial charge >= 0.3 is 0 Å². The van der Waals surface area contributed by atoms with Crippen molar-refractivity contribution in [2.75, 3.05) is 6.54 Å². The zero-order valence-corrected chi connectivity index (χ0v) is 11.7. The van der Waals surface area contributed by atoms with E-state index in [4.69, 9.17) is 0 Å². The van der Waals surface area contributed by atoms with E-state index in [-0.39, 0.29) is 0 Å². The Bertz CT molecular complexity index is 311. The zero-order chi connectivity index (χ0) is 10.8. The summed E-state index contributed by atoms with van der Waals surface area (Å²) < 4.78 is 1.27. The minimum atomic E-state index is 0.611. The van der Waals surface area contributed by atoms with Crippen molar-refractivity contribution in [3.63, 3.8) is 0 Å². The second kappa shape index (κ2) is 4.98. The molecule has 1 aliphatic rings. The fraction of sp³-hybridized carbons (Fsp3) is 0.667. The molecule has 0 aliphatic heterocycles. The van der Waals surface area contributed by atoms with E-state index in [2.05, 4.69) is 41.2 Å². The van der Waals surface area contributed by atoms with E-state index < -0.39 is 0 Å². The van der Waals surface area contributed by atoms with E-state index in [0.717, 1.165) is 12.5 Å². The van der Waals surface area contributed by atoms with Gasteiger partial charge in [-0.2, -0.15) is 0 Å². The number of hydrogen-bond donors (Lipinski definition) is 1. The SMILES string of the molecule is CCCNC(c1cc(Br)c(C)s1)C1CC1. The van der Waals surface area contributed by atoms with Crippen LogP contribution in [0, 0.1) is 12.8 Å². The maximum atomic E-state index is 3.68. The van der Waals surface area contributed by atoms with Crippen LogP contribution in [0.15, 0.2) is 10.5 Å². The van der Waals surface area contributed by atoms with Crippen LogP contribution < -0.4 is 5.32 Å². The zero-order valence-electron chi connectivity index (χ0n) is 9.35. The lowest BCUT2D eigenvalue weighted by Gasteiger charge is -2.15. The first-order valence-corrected chi connectivity index (χ1v) is 7.32. The van der Waals surface area contributed by atoms with E-state index in [1.54, 1.807) is 0 Å². The molecule has 0 amide bonds. The monoisotopic (exact) mass is 287 g/mol. The Labute approximate surface area is 104 Å². The van der Waals surface area contributed by atoms with Crippen LogP contribution in [-0.4, -0.2) is 6.54 Å². The summed E-state index contributed by atoms with van der Waals surface area (Å²) in [7, 11) is 0. The summed E-state index contributed by atoms with van der Waals surface area (Å²) in [6.07, 6.45) is 4.01. The average Bonchev–Trinajstić information content (AvgIpc) is 2.97. The summed E-state index contributed by atoms with van der Waals surface area (Å²) >= 11 is 5.54. The molecule has 0 bridgehead atoms. The largest absolute Gasteiger partial charge is 0.309 e. The molecule has 0 spiro atoms. The van der Waals surface area contributed by atoms with Crippen molar-refractivity contribution >= 4 is 27.3 Å². The first kappa shape index (κ1) is 11.6. The standard InChI is InChI=1S/C12H18BrNS/c1-3-6-14-12(9-4-5-9)11-7-10(13)8(2)15-11/h7,9,12,14H,3-6H2,1-2H3. The highest BCUT2D eigenvalue weighted by Gasteiger charge is 2.32. The van der Waals surface area contributed by atoms with E-state index in [1.165, 1.54) is 33.5 Å². The van der Waals surface area contributed by atoms with E-state index in [9.17, 15) is 0 Å². The van der Waals surface area contributed by atoms with Crippen LogP contribution >= 0.6 is 27.3 Å². The van der Waals surface area contributed by atoms with E-state index in [0.29, 0.717) is 6.04 Å². The van der Waals surface area contributed by atoms with Gasteiger partial charge in [-0.25, -0.2) is 0 Å². The van der Waals surface area contributed by atoms with Gasteiger partial charge in [0.2, 0.25) is 0 Å². The normalized spacial score (nSPS) is 18.1. The summed E-state index contributed by atoms with van der Waals surface area (Å²) in [5.41, 5.74) is 0. The van der Waals surface area contributed by atoms with Gasteiger partial charge < -0.3 is 5.32 Å². The number of nitrogens with one attached hydrogen (secondary N) is 1. The minimum absolute atomic E-state index is 0.611. The molecule has 1 unspecified atom stereocenters. The van der Waals surface area contributed by atoms with E-state index >= 15 is 0 Å². The van der Waals surface area contributed by atoms with Gasteiger partial charge in [0.15, 0.2) is 0 Å². The molecule has 1 nitrogen and oxygen atoms in total. The Morgan fingerprint density at radius 2 is 2.33 bits per heavy atom. The van der Waals surface area contributed by atoms with E-state index in [1.807, 2.05) is 11.3 Å². The predicted molar refractivity (Wildman–Crippen MR) is 70.5 cm³/mol. The van der Waals surface area contributed by atoms with Crippen molar-refractivity contribution in [1.29, 1.82) is 0 Å². The molecule has 3 heteroatoms. The maximum Gasteiger partial charge on any atom is 0.0443 e. The van der Waals surface area contributed by atoms with Crippen molar-refractivity contribution in [2.24, 2.45) is 5.92 Å². The van der Waals surface area contributed by atoms with Crippen molar-refractivity contribution < 1.29 is 0 Å². The second-order valence-electron chi connectivity index (χ2n) is 4.32. The molecule has 1 aromatic rings. The fourth-order valence-corrected chi connectivity index (χ4v) is 3.59. The molecule has 0 saturated heterocycles. The smallest absolute Gasteiger partial charge is 0.0443 e. The summed E-state index contributed by atoms with van der Waals surface area (Å²) in [6.45, 7) is 5.55. The first-order valence-electron chi connectivity index (χ1n) is 5.71. The molecular weight excluding hydrogens is 270 g/mol. The Balaban J connectivity index is 2.09. The van der Waals surface area contributed by atoms with Crippen LogP contribution in [0.5, 0.6) is 0 Å². The molecule has 84 valence electrons. The van der Waals surface area contributed by atoms with Gasteiger partial charge in [0.05, 0.1) is 0 Å². The van der Waals surface area contributed by atoms with Crippen molar-refractivity contribution in [2.45, 2.75) is 39.2 Å². The fourth-order valence-electron chi connectivity index (χ4n) is 1.86.